The summed E-state index contributed by atoms with van der Waals surface area (Å²) in [6, 6.07) is 1.04. The predicted molar refractivity (Wildman–Crippen MR) is 79.3 cm³/mol. The molecule has 1 aliphatic carbocycles. The van der Waals surface area contributed by atoms with Crippen LogP contribution in [0.3, 0.4) is 0 Å². The molecule has 1 aromatic heterocycles. The number of halogens is 1. The third-order valence-electron chi connectivity index (χ3n) is 4.28. The lowest BCUT2D eigenvalue weighted by Crippen LogP contribution is -2.40. The molecule has 2 rings (SSSR count). The SMILES string of the molecule is CCN(Cc1c(Cl)c(C)nn1C)C1CCC(N)CC1. The van der Waals surface area contributed by atoms with Gasteiger partial charge in [-0.3, -0.25) is 9.58 Å². The first-order chi connectivity index (χ1) is 9.02. The molecule has 0 unspecified atom stereocenters. The smallest absolute Gasteiger partial charge is 0.0860 e. The average molecular weight is 285 g/mol. The Bertz CT molecular complexity index is 421. The maximum Gasteiger partial charge on any atom is 0.0860 e. The molecule has 0 spiro atoms. The van der Waals surface area contributed by atoms with Gasteiger partial charge in [0.2, 0.25) is 0 Å². The molecule has 0 aromatic carbocycles. The summed E-state index contributed by atoms with van der Waals surface area (Å²) >= 11 is 6.35. The van der Waals surface area contributed by atoms with Gasteiger partial charge in [0, 0.05) is 25.7 Å². The fraction of sp³-hybridized carbons (Fsp3) is 0.786. The summed E-state index contributed by atoms with van der Waals surface area (Å²) in [4.78, 5) is 2.51. The van der Waals surface area contributed by atoms with Crippen molar-refractivity contribution in [1.29, 1.82) is 0 Å². The Labute approximate surface area is 120 Å². The Kier molecular flexibility index (Phi) is 4.87. The minimum Gasteiger partial charge on any atom is -0.328 e. The highest BCUT2D eigenvalue weighted by Gasteiger charge is 2.25. The molecule has 1 aromatic rings. The average Bonchev–Trinajstić information content (AvgIpc) is 2.63. The molecule has 0 atom stereocenters. The fourth-order valence-corrected chi connectivity index (χ4v) is 3.23. The standard InChI is InChI=1S/C14H25ClN4/c1-4-19(12-7-5-11(16)6-8-12)9-13-14(15)10(2)17-18(13)3/h11-12H,4-9,16H2,1-3H3. The van der Waals surface area contributed by atoms with Crippen LogP contribution in [-0.4, -0.2) is 33.3 Å². The molecule has 1 heterocycles. The molecule has 0 bridgehead atoms. The van der Waals surface area contributed by atoms with E-state index in [9.17, 15) is 0 Å². The van der Waals surface area contributed by atoms with Gasteiger partial charge in [-0.25, -0.2) is 0 Å². The van der Waals surface area contributed by atoms with Crippen molar-refractivity contribution < 1.29 is 0 Å². The van der Waals surface area contributed by atoms with Crippen LogP contribution in [0.4, 0.5) is 0 Å². The summed E-state index contributed by atoms with van der Waals surface area (Å²) in [5, 5.41) is 5.21. The van der Waals surface area contributed by atoms with Crippen molar-refractivity contribution in [2.75, 3.05) is 6.54 Å². The van der Waals surface area contributed by atoms with Gasteiger partial charge >= 0.3 is 0 Å². The van der Waals surface area contributed by atoms with E-state index in [1.54, 1.807) is 0 Å². The van der Waals surface area contributed by atoms with Gasteiger partial charge in [-0.2, -0.15) is 5.10 Å². The molecule has 5 heteroatoms. The highest BCUT2D eigenvalue weighted by atomic mass is 35.5. The second-order valence-electron chi connectivity index (χ2n) is 5.60. The van der Waals surface area contributed by atoms with E-state index in [4.69, 9.17) is 17.3 Å². The number of hydrogen-bond donors (Lipinski definition) is 1. The molecule has 1 fully saturated rings. The Morgan fingerprint density at radius 2 is 2.00 bits per heavy atom. The van der Waals surface area contributed by atoms with Crippen molar-refractivity contribution in [3.63, 3.8) is 0 Å². The van der Waals surface area contributed by atoms with E-state index in [1.165, 1.54) is 12.8 Å². The van der Waals surface area contributed by atoms with Crippen molar-refractivity contribution in [3.8, 4) is 0 Å². The second kappa shape index (κ2) is 6.25. The number of nitrogens with two attached hydrogens (primary N) is 1. The zero-order valence-corrected chi connectivity index (χ0v) is 13.0. The zero-order chi connectivity index (χ0) is 14.0. The summed E-state index contributed by atoms with van der Waals surface area (Å²) in [5.74, 6) is 0. The van der Waals surface area contributed by atoms with Gasteiger partial charge < -0.3 is 5.73 Å². The summed E-state index contributed by atoms with van der Waals surface area (Å²) < 4.78 is 1.91. The Morgan fingerprint density at radius 1 is 1.37 bits per heavy atom. The van der Waals surface area contributed by atoms with Crippen molar-refractivity contribution >= 4 is 11.6 Å². The summed E-state index contributed by atoms with van der Waals surface area (Å²) in [7, 11) is 1.97. The highest BCUT2D eigenvalue weighted by molar-refractivity contribution is 6.31. The maximum atomic E-state index is 6.35. The van der Waals surface area contributed by atoms with Crippen LogP contribution in [-0.2, 0) is 13.6 Å². The monoisotopic (exact) mass is 284 g/mol. The lowest BCUT2D eigenvalue weighted by Gasteiger charge is -2.35. The second-order valence-corrected chi connectivity index (χ2v) is 5.98. The largest absolute Gasteiger partial charge is 0.328 e. The van der Waals surface area contributed by atoms with Gasteiger partial charge in [-0.05, 0) is 39.2 Å². The highest BCUT2D eigenvalue weighted by Crippen LogP contribution is 2.26. The molecule has 1 saturated carbocycles. The maximum absolute atomic E-state index is 6.35. The number of aromatic nitrogens is 2. The molecule has 0 radical (unpaired) electrons. The van der Waals surface area contributed by atoms with Gasteiger partial charge in [-0.15, -0.1) is 0 Å². The molecule has 2 N–H and O–H groups in total. The van der Waals surface area contributed by atoms with E-state index in [2.05, 4.69) is 16.9 Å². The minimum absolute atomic E-state index is 0.400. The van der Waals surface area contributed by atoms with Crippen LogP contribution >= 0.6 is 11.6 Å². The first-order valence-corrected chi connectivity index (χ1v) is 7.58. The number of rotatable bonds is 4. The molecule has 0 aliphatic heterocycles. The van der Waals surface area contributed by atoms with Gasteiger partial charge in [0.1, 0.15) is 0 Å². The quantitative estimate of drug-likeness (QED) is 0.924. The van der Waals surface area contributed by atoms with E-state index >= 15 is 0 Å². The topological polar surface area (TPSA) is 47.1 Å². The van der Waals surface area contributed by atoms with Gasteiger partial charge in [0.25, 0.3) is 0 Å². The predicted octanol–water partition coefficient (Wildman–Crippen LogP) is 2.47. The normalized spacial score (nSPS) is 24.1. The molecular formula is C14H25ClN4. The molecule has 0 saturated heterocycles. The van der Waals surface area contributed by atoms with E-state index in [1.807, 2.05) is 18.7 Å². The van der Waals surface area contributed by atoms with Crippen LogP contribution in [0.2, 0.25) is 5.02 Å². The van der Waals surface area contributed by atoms with Crippen molar-refractivity contribution in [3.05, 3.63) is 16.4 Å². The number of hydrogen-bond acceptors (Lipinski definition) is 3. The summed E-state index contributed by atoms with van der Waals surface area (Å²) in [5.41, 5.74) is 8.03. The molecule has 0 amide bonds. The number of aryl methyl sites for hydroxylation is 2. The van der Waals surface area contributed by atoms with Crippen molar-refractivity contribution in [2.45, 2.75) is 58.2 Å². The van der Waals surface area contributed by atoms with Crippen LogP contribution in [0, 0.1) is 6.92 Å². The molecule has 108 valence electrons. The van der Waals surface area contributed by atoms with Crippen molar-refractivity contribution in [2.24, 2.45) is 12.8 Å². The van der Waals surface area contributed by atoms with Gasteiger partial charge in [0.05, 0.1) is 16.4 Å². The van der Waals surface area contributed by atoms with Crippen molar-refractivity contribution in [1.82, 2.24) is 14.7 Å². The van der Waals surface area contributed by atoms with Crippen LogP contribution in [0.5, 0.6) is 0 Å². The fourth-order valence-electron chi connectivity index (χ4n) is 3.01. The Hall–Kier alpha value is -0.580. The lowest BCUT2D eigenvalue weighted by molar-refractivity contribution is 0.146. The Balaban J connectivity index is 2.06. The lowest BCUT2D eigenvalue weighted by atomic mass is 9.90. The minimum atomic E-state index is 0.400. The van der Waals surface area contributed by atoms with Crippen LogP contribution in [0.15, 0.2) is 0 Å². The molecule has 4 nitrogen and oxygen atoms in total. The van der Waals surface area contributed by atoms with Crippen LogP contribution in [0.1, 0.15) is 44.0 Å². The van der Waals surface area contributed by atoms with Gasteiger partial charge in [0.15, 0.2) is 0 Å². The molecule has 19 heavy (non-hydrogen) atoms. The first-order valence-electron chi connectivity index (χ1n) is 7.20. The zero-order valence-electron chi connectivity index (χ0n) is 12.2. The van der Waals surface area contributed by atoms with Crippen LogP contribution in [0.25, 0.3) is 0 Å². The first kappa shape index (κ1) is 14.8. The summed E-state index contributed by atoms with van der Waals surface area (Å²) in [6.07, 6.45) is 4.67. The van der Waals surface area contributed by atoms with Gasteiger partial charge in [-0.1, -0.05) is 18.5 Å². The molecular weight excluding hydrogens is 260 g/mol. The van der Waals surface area contributed by atoms with Crippen LogP contribution < -0.4 is 5.73 Å². The Morgan fingerprint density at radius 3 is 2.47 bits per heavy atom. The van der Waals surface area contributed by atoms with E-state index in [0.29, 0.717) is 12.1 Å². The molecule has 1 aliphatic rings. The van der Waals surface area contributed by atoms with E-state index in [-0.39, 0.29) is 0 Å². The third kappa shape index (κ3) is 3.30. The summed E-state index contributed by atoms with van der Waals surface area (Å²) in [6.45, 7) is 6.10. The third-order valence-corrected chi connectivity index (χ3v) is 4.77. The number of nitrogens with zero attached hydrogens (tertiary/aromatic N) is 3. The van der Waals surface area contributed by atoms with E-state index < -0.39 is 0 Å². The van der Waals surface area contributed by atoms with E-state index in [0.717, 1.165) is 42.3 Å².